The Bertz CT molecular complexity index is 419. The molecule has 7 nitrogen and oxygen atoms in total. The van der Waals surface area contributed by atoms with Crippen LogP contribution in [-0.2, 0) is 22.6 Å². The predicted octanol–water partition coefficient (Wildman–Crippen LogP) is 0.223. The van der Waals surface area contributed by atoms with E-state index >= 15 is 0 Å². The molecule has 1 rings (SSSR count). The lowest BCUT2D eigenvalue weighted by Gasteiger charge is -2.28. The maximum absolute atomic E-state index is 12.1. The highest BCUT2D eigenvalue weighted by Gasteiger charge is 2.24. The molecule has 0 fully saturated rings. The number of rotatable bonds is 8. The fourth-order valence-corrected chi connectivity index (χ4v) is 2.08. The third-order valence-corrected chi connectivity index (χ3v) is 3.27. The third-order valence-electron chi connectivity index (χ3n) is 3.27. The monoisotopic (exact) mass is 283 g/mol. The second-order valence-corrected chi connectivity index (χ2v) is 5.01. The Morgan fingerprint density at radius 1 is 1.45 bits per heavy atom. The van der Waals surface area contributed by atoms with Gasteiger partial charge in [0, 0.05) is 27.7 Å². The van der Waals surface area contributed by atoms with Crippen molar-refractivity contribution in [2.24, 2.45) is 0 Å². The van der Waals surface area contributed by atoms with E-state index in [-0.39, 0.29) is 11.9 Å². The zero-order chi connectivity index (χ0) is 15.1. The molecule has 114 valence electrons. The molecule has 0 saturated carbocycles. The predicted molar refractivity (Wildman–Crippen MR) is 76.1 cm³/mol. The smallest absolute Gasteiger partial charge is 0.239 e. The lowest BCUT2D eigenvalue weighted by Crippen LogP contribution is -2.44. The molecule has 1 heterocycles. The van der Waals surface area contributed by atoms with E-state index in [1.807, 2.05) is 23.4 Å². The molecule has 0 aliphatic heterocycles. The van der Waals surface area contributed by atoms with Crippen LogP contribution in [0.1, 0.15) is 19.2 Å². The molecular weight excluding hydrogens is 258 g/mol. The SMILES string of the molecule is CCC(C(=O)N(C)C)N(C)Cc1nncn1CCOC. The van der Waals surface area contributed by atoms with Gasteiger partial charge < -0.3 is 14.2 Å². The summed E-state index contributed by atoms with van der Waals surface area (Å²) in [7, 11) is 7.16. The van der Waals surface area contributed by atoms with Gasteiger partial charge in [0.25, 0.3) is 0 Å². The topological polar surface area (TPSA) is 63.5 Å². The number of hydrogen-bond donors (Lipinski definition) is 0. The average molecular weight is 283 g/mol. The minimum absolute atomic E-state index is 0.109. The number of amides is 1. The highest BCUT2D eigenvalue weighted by molar-refractivity contribution is 5.81. The molecule has 0 spiro atoms. The summed E-state index contributed by atoms with van der Waals surface area (Å²) in [5.74, 6) is 0.951. The molecule has 20 heavy (non-hydrogen) atoms. The molecule has 0 aliphatic carbocycles. The molecule has 0 aromatic carbocycles. The van der Waals surface area contributed by atoms with Gasteiger partial charge in [-0.2, -0.15) is 0 Å². The Morgan fingerprint density at radius 3 is 2.70 bits per heavy atom. The molecule has 1 aromatic rings. The Hall–Kier alpha value is -1.47. The summed E-state index contributed by atoms with van der Waals surface area (Å²) in [5, 5.41) is 8.05. The highest BCUT2D eigenvalue weighted by Crippen LogP contribution is 2.09. The van der Waals surface area contributed by atoms with Gasteiger partial charge in [-0.1, -0.05) is 6.92 Å². The van der Waals surface area contributed by atoms with E-state index in [1.54, 1.807) is 32.4 Å². The second kappa shape index (κ2) is 7.96. The molecule has 1 atom stereocenters. The van der Waals surface area contributed by atoms with E-state index in [4.69, 9.17) is 4.74 Å². The van der Waals surface area contributed by atoms with Gasteiger partial charge in [0.05, 0.1) is 19.2 Å². The standard InChI is InChI=1S/C13H25N5O2/c1-6-11(13(19)16(2)3)17(4)9-12-15-14-10-18(12)7-8-20-5/h10-11H,6-9H2,1-5H3. The molecule has 1 amide bonds. The summed E-state index contributed by atoms with van der Waals surface area (Å²) in [6.07, 6.45) is 2.45. The van der Waals surface area contributed by atoms with E-state index in [0.717, 1.165) is 12.2 Å². The van der Waals surface area contributed by atoms with Crippen LogP contribution in [0.15, 0.2) is 6.33 Å². The molecule has 0 bridgehead atoms. The Morgan fingerprint density at radius 2 is 2.15 bits per heavy atom. The van der Waals surface area contributed by atoms with Crippen molar-refractivity contribution in [3.05, 3.63) is 12.2 Å². The van der Waals surface area contributed by atoms with Gasteiger partial charge in [-0.3, -0.25) is 9.69 Å². The maximum Gasteiger partial charge on any atom is 0.239 e. The van der Waals surface area contributed by atoms with Crippen LogP contribution in [0.25, 0.3) is 0 Å². The van der Waals surface area contributed by atoms with Crippen LogP contribution in [0.4, 0.5) is 0 Å². The van der Waals surface area contributed by atoms with Crippen LogP contribution >= 0.6 is 0 Å². The van der Waals surface area contributed by atoms with E-state index in [9.17, 15) is 4.79 Å². The number of nitrogens with zero attached hydrogens (tertiary/aromatic N) is 5. The van der Waals surface area contributed by atoms with E-state index < -0.39 is 0 Å². The molecule has 0 aliphatic rings. The van der Waals surface area contributed by atoms with Crippen molar-refractivity contribution < 1.29 is 9.53 Å². The van der Waals surface area contributed by atoms with Crippen LogP contribution in [0.3, 0.4) is 0 Å². The van der Waals surface area contributed by atoms with Crippen molar-refractivity contribution in [2.45, 2.75) is 32.5 Å². The van der Waals surface area contributed by atoms with Gasteiger partial charge in [-0.25, -0.2) is 0 Å². The average Bonchev–Trinajstić information content (AvgIpc) is 2.84. The van der Waals surface area contributed by atoms with Crippen LogP contribution in [0.5, 0.6) is 0 Å². The summed E-state index contributed by atoms with van der Waals surface area (Å²) >= 11 is 0. The Labute approximate surface area is 120 Å². The van der Waals surface area contributed by atoms with E-state index in [2.05, 4.69) is 10.2 Å². The van der Waals surface area contributed by atoms with Crippen molar-refractivity contribution in [1.82, 2.24) is 24.6 Å². The van der Waals surface area contributed by atoms with Crippen molar-refractivity contribution in [2.75, 3.05) is 34.9 Å². The molecule has 0 N–H and O–H groups in total. The van der Waals surface area contributed by atoms with Gasteiger partial charge in [0.1, 0.15) is 12.2 Å². The number of methoxy groups -OCH3 is 1. The maximum atomic E-state index is 12.1. The molecule has 1 aromatic heterocycles. The van der Waals surface area contributed by atoms with Gasteiger partial charge >= 0.3 is 0 Å². The Balaban J connectivity index is 2.71. The summed E-state index contributed by atoms with van der Waals surface area (Å²) in [4.78, 5) is 15.8. The van der Waals surface area contributed by atoms with Crippen molar-refractivity contribution in [1.29, 1.82) is 0 Å². The third kappa shape index (κ3) is 4.28. The Kier molecular flexibility index (Phi) is 6.60. The minimum Gasteiger partial charge on any atom is -0.383 e. The quantitative estimate of drug-likeness (QED) is 0.683. The van der Waals surface area contributed by atoms with Gasteiger partial charge in [0.15, 0.2) is 0 Å². The van der Waals surface area contributed by atoms with Crippen LogP contribution in [-0.4, -0.2) is 71.4 Å². The largest absolute Gasteiger partial charge is 0.383 e. The van der Waals surface area contributed by atoms with Crippen LogP contribution < -0.4 is 0 Å². The number of carbonyl (C=O) groups is 1. The van der Waals surface area contributed by atoms with Crippen molar-refractivity contribution >= 4 is 5.91 Å². The lowest BCUT2D eigenvalue weighted by molar-refractivity contribution is -0.134. The van der Waals surface area contributed by atoms with Gasteiger partial charge in [0.2, 0.25) is 5.91 Å². The lowest BCUT2D eigenvalue weighted by atomic mass is 10.1. The normalized spacial score (nSPS) is 12.7. The van der Waals surface area contributed by atoms with Crippen LogP contribution in [0.2, 0.25) is 0 Å². The molecule has 7 heteroatoms. The summed E-state index contributed by atoms with van der Waals surface area (Å²) in [6, 6.07) is -0.141. The molecule has 0 radical (unpaired) electrons. The summed E-state index contributed by atoms with van der Waals surface area (Å²) < 4.78 is 7.01. The van der Waals surface area contributed by atoms with Crippen molar-refractivity contribution in [3.63, 3.8) is 0 Å². The van der Waals surface area contributed by atoms with Crippen molar-refractivity contribution in [3.8, 4) is 0 Å². The summed E-state index contributed by atoms with van der Waals surface area (Å²) in [5.41, 5.74) is 0. The number of ether oxygens (including phenoxy) is 1. The molecular formula is C13H25N5O2. The fourth-order valence-electron chi connectivity index (χ4n) is 2.08. The first-order valence-electron chi connectivity index (χ1n) is 6.78. The number of aromatic nitrogens is 3. The number of likely N-dealkylation sites (N-methyl/N-ethyl adjacent to an activating group) is 2. The first-order chi connectivity index (χ1) is 9.51. The number of carbonyl (C=O) groups excluding carboxylic acids is 1. The van der Waals surface area contributed by atoms with E-state index in [1.165, 1.54) is 0 Å². The van der Waals surface area contributed by atoms with Crippen LogP contribution in [0, 0.1) is 0 Å². The fraction of sp³-hybridized carbons (Fsp3) is 0.769. The minimum atomic E-state index is -0.141. The second-order valence-electron chi connectivity index (χ2n) is 5.01. The molecule has 1 unspecified atom stereocenters. The summed E-state index contributed by atoms with van der Waals surface area (Å²) in [6.45, 7) is 3.92. The van der Waals surface area contributed by atoms with E-state index in [0.29, 0.717) is 19.7 Å². The zero-order valence-electron chi connectivity index (χ0n) is 13.0. The molecule has 0 saturated heterocycles. The first kappa shape index (κ1) is 16.6. The van der Waals surface area contributed by atoms with Gasteiger partial charge in [-0.05, 0) is 13.5 Å². The highest BCUT2D eigenvalue weighted by atomic mass is 16.5. The zero-order valence-corrected chi connectivity index (χ0v) is 13.0. The van der Waals surface area contributed by atoms with Gasteiger partial charge in [-0.15, -0.1) is 10.2 Å². The first-order valence-corrected chi connectivity index (χ1v) is 6.78. The number of hydrogen-bond acceptors (Lipinski definition) is 5.